The summed E-state index contributed by atoms with van der Waals surface area (Å²) in [4.78, 5) is 0. The predicted molar refractivity (Wildman–Crippen MR) is 64.6 cm³/mol. The van der Waals surface area contributed by atoms with Gasteiger partial charge >= 0.3 is 0 Å². The molecular weight excluding hydrogens is 230 g/mol. The molecule has 1 fully saturated rings. The Balaban J connectivity index is 2.07. The zero-order valence-corrected chi connectivity index (χ0v) is 10.4. The zero-order chi connectivity index (χ0) is 10.7. The highest BCUT2D eigenvalue weighted by atomic mass is 35.5. The van der Waals surface area contributed by atoms with Gasteiger partial charge in [0.1, 0.15) is 5.51 Å². The van der Waals surface area contributed by atoms with Crippen LogP contribution in [0.2, 0.25) is 0 Å². The van der Waals surface area contributed by atoms with Crippen LogP contribution in [0, 0.1) is 5.92 Å². The van der Waals surface area contributed by atoms with Gasteiger partial charge in [0.05, 0.1) is 5.54 Å². The molecule has 15 heavy (non-hydrogen) atoms. The second-order valence-corrected chi connectivity index (χ2v) is 5.58. The van der Waals surface area contributed by atoms with Crippen molar-refractivity contribution in [1.29, 1.82) is 0 Å². The molecule has 2 unspecified atom stereocenters. The van der Waals surface area contributed by atoms with Gasteiger partial charge in [-0.1, -0.05) is 31.1 Å². The number of nitrogens with one attached hydrogen (secondary N) is 1. The van der Waals surface area contributed by atoms with E-state index in [0.717, 1.165) is 23.9 Å². The fraction of sp³-hybridized carbons (Fsp3) is 0.800. The van der Waals surface area contributed by atoms with Gasteiger partial charge in [0.25, 0.3) is 0 Å². The maximum Gasteiger partial charge on any atom is 0.205 e. The van der Waals surface area contributed by atoms with Gasteiger partial charge in [-0.3, -0.25) is 0 Å². The van der Waals surface area contributed by atoms with Gasteiger partial charge in [-0.15, -0.1) is 21.8 Å². The van der Waals surface area contributed by atoms with Crippen molar-refractivity contribution in [1.82, 2.24) is 10.2 Å². The van der Waals surface area contributed by atoms with E-state index >= 15 is 0 Å². The average molecular weight is 246 g/mol. The van der Waals surface area contributed by atoms with Crippen molar-refractivity contribution >= 4 is 28.1 Å². The van der Waals surface area contributed by atoms with E-state index in [9.17, 15) is 0 Å². The van der Waals surface area contributed by atoms with Gasteiger partial charge in [-0.25, -0.2) is 0 Å². The highest BCUT2D eigenvalue weighted by Crippen LogP contribution is 2.36. The van der Waals surface area contributed by atoms with Crippen molar-refractivity contribution in [2.24, 2.45) is 5.92 Å². The molecule has 0 radical (unpaired) electrons. The molecule has 0 amide bonds. The summed E-state index contributed by atoms with van der Waals surface area (Å²) in [7, 11) is 0. The third-order valence-electron chi connectivity index (χ3n) is 3.08. The van der Waals surface area contributed by atoms with Gasteiger partial charge in [0, 0.05) is 5.88 Å². The lowest BCUT2D eigenvalue weighted by Crippen LogP contribution is -2.44. The van der Waals surface area contributed by atoms with Crippen LogP contribution in [0.1, 0.15) is 32.6 Å². The van der Waals surface area contributed by atoms with Crippen LogP contribution in [0.15, 0.2) is 5.51 Å². The van der Waals surface area contributed by atoms with Crippen molar-refractivity contribution in [3.63, 3.8) is 0 Å². The second kappa shape index (κ2) is 4.66. The van der Waals surface area contributed by atoms with E-state index in [0.29, 0.717) is 5.88 Å². The molecule has 1 saturated carbocycles. The first-order valence-corrected chi connectivity index (χ1v) is 6.76. The maximum atomic E-state index is 6.11. The van der Waals surface area contributed by atoms with E-state index in [2.05, 4.69) is 22.4 Å². The topological polar surface area (TPSA) is 37.8 Å². The summed E-state index contributed by atoms with van der Waals surface area (Å²) in [6.45, 7) is 2.29. The Morgan fingerprint density at radius 3 is 3.20 bits per heavy atom. The average Bonchev–Trinajstić information content (AvgIpc) is 2.70. The van der Waals surface area contributed by atoms with Crippen LogP contribution in [0.4, 0.5) is 5.13 Å². The van der Waals surface area contributed by atoms with Gasteiger partial charge in [0.15, 0.2) is 0 Å². The van der Waals surface area contributed by atoms with Crippen LogP contribution in [0.5, 0.6) is 0 Å². The molecule has 0 aromatic carbocycles. The third kappa shape index (κ3) is 2.61. The summed E-state index contributed by atoms with van der Waals surface area (Å²) < 4.78 is 0. The number of aromatic nitrogens is 2. The molecule has 2 rings (SSSR count). The monoisotopic (exact) mass is 245 g/mol. The molecule has 1 aromatic rings. The third-order valence-corrected chi connectivity index (χ3v) is 4.20. The minimum atomic E-state index is 0.0404. The van der Waals surface area contributed by atoms with E-state index < -0.39 is 0 Å². The fourth-order valence-electron chi connectivity index (χ4n) is 2.38. The first-order chi connectivity index (χ1) is 7.24. The molecule has 1 heterocycles. The largest absolute Gasteiger partial charge is 0.353 e. The van der Waals surface area contributed by atoms with Gasteiger partial charge in [-0.05, 0) is 18.8 Å². The highest BCUT2D eigenvalue weighted by Gasteiger charge is 2.34. The molecule has 0 aliphatic heterocycles. The summed E-state index contributed by atoms with van der Waals surface area (Å²) in [5.74, 6) is 1.40. The molecule has 1 aliphatic carbocycles. The summed E-state index contributed by atoms with van der Waals surface area (Å²) >= 11 is 7.65. The van der Waals surface area contributed by atoms with Crippen molar-refractivity contribution in [3.8, 4) is 0 Å². The van der Waals surface area contributed by atoms with E-state index in [1.165, 1.54) is 24.2 Å². The molecule has 84 valence electrons. The first kappa shape index (κ1) is 11.1. The van der Waals surface area contributed by atoms with E-state index in [1.807, 2.05) is 0 Å². The lowest BCUT2D eigenvalue weighted by molar-refractivity contribution is 0.279. The molecule has 1 aromatic heterocycles. The van der Waals surface area contributed by atoms with Crippen molar-refractivity contribution < 1.29 is 0 Å². The Kier molecular flexibility index (Phi) is 3.46. The molecule has 0 saturated heterocycles. The SMILES string of the molecule is CC1CCCC(CCl)(Nc2nncs2)C1. The smallest absolute Gasteiger partial charge is 0.205 e. The van der Waals surface area contributed by atoms with Gasteiger partial charge in [0.2, 0.25) is 5.13 Å². The number of hydrogen-bond donors (Lipinski definition) is 1. The number of nitrogens with zero attached hydrogens (tertiary/aromatic N) is 2. The van der Waals surface area contributed by atoms with Crippen LogP contribution in [-0.4, -0.2) is 21.6 Å². The van der Waals surface area contributed by atoms with Gasteiger partial charge in [-0.2, -0.15) is 0 Å². The quantitative estimate of drug-likeness (QED) is 0.832. The van der Waals surface area contributed by atoms with Crippen LogP contribution in [-0.2, 0) is 0 Å². The Bertz CT molecular complexity index is 304. The van der Waals surface area contributed by atoms with Crippen LogP contribution in [0.25, 0.3) is 0 Å². The number of halogens is 1. The van der Waals surface area contributed by atoms with Gasteiger partial charge < -0.3 is 5.32 Å². The van der Waals surface area contributed by atoms with E-state index in [-0.39, 0.29) is 5.54 Å². The van der Waals surface area contributed by atoms with Crippen LogP contribution in [0.3, 0.4) is 0 Å². The first-order valence-electron chi connectivity index (χ1n) is 5.34. The lowest BCUT2D eigenvalue weighted by Gasteiger charge is -2.39. The maximum absolute atomic E-state index is 6.11. The van der Waals surface area contributed by atoms with E-state index in [1.54, 1.807) is 5.51 Å². The Morgan fingerprint density at radius 2 is 2.60 bits per heavy atom. The van der Waals surface area contributed by atoms with Crippen molar-refractivity contribution in [2.75, 3.05) is 11.2 Å². The summed E-state index contributed by atoms with van der Waals surface area (Å²) in [6.07, 6.45) is 4.84. The summed E-state index contributed by atoms with van der Waals surface area (Å²) in [5.41, 5.74) is 1.79. The Morgan fingerprint density at radius 1 is 1.73 bits per heavy atom. The number of hydrogen-bond acceptors (Lipinski definition) is 4. The number of alkyl halides is 1. The highest BCUT2D eigenvalue weighted by molar-refractivity contribution is 7.13. The Labute approximate surface area is 99.2 Å². The number of rotatable bonds is 3. The number of anilines is 1. The molecular formula is C10H16ClN3S. The molecule has 1 N–H and O–H groups in total. The molecule has 2 atom stereocenters. The minimum absolute atomic E-state index is 0.0404. The molecule has 0 spiro atoms. The summed E-state index contributed by atoms with van der Waals surface area (Å²) in [6, 6.07) is 0. The van der Waals surface area contributed by atoms with E-state index in [4.69, 9.17) is 11.6 Å². The second-order valence-electron chi connectivity index (χ2n) is 4.48. The summed E-state index contributed by atoms with van der Waals surface area (Å²) in [5, 5.41) is 12.2. The molecule has 5 heteroatoms. The molecule has 1 aliphatic rings. The lowest BCUT2D eigenvalue weighted by atomic mass is 9.77. The van der Waals surface area contributed by atoms with Crippen molar-refractivity contribution in [2.45, 2.75) is 38.1 Å². The Hall–Kier alpha value is -0.350. The van der Waals surface area contributed by atoms with Crippen LogP contribution >= 0.6 is 22.9 Å². The van der Waals surface area contributed by atoms with Crippen LogP contribution < -0.4 is 5.32 Å². The normalized spacial score (nSPS) is 31.5. The molecule has 3 nitrogen and oxygen atoms in total. The molecule has 0 bridgehead atoms. The van der Waals surface area contributed by atoms with Crippen molar-refractivity contribution in [3.05, 3.63) is 5.51 Å². The predicted octanol–water partition coefficient (Wildman–Crippen LogP) is 3.14. The zero-order valence-electron chi connectivity index (χ0n) is 8.87. The minimum Gasteiger partial charge on any atom is -0.353 e. The standard InChI is InChI=1S/C10H16ClN3S/c1-8-3-2-4-10(5-8,6-11)13-9-14-12-7-15-9/h7-8H,2-6H2,1H3,(H,13,14). The fourth-order valence-corrected chi connectivity index (χ4v) is 3.26.